The highest BCUT2D eigenvalue weighted by atomic mass is 35.5. The molecule has 2 aromatic heterocycles. The number of hydrogen-bond acceptors (Lipinski definition) is 4. The van der Waals surface area contributed by atoms with E-state index in [0.717, 1.165) is 31.4 Å². The maximum Gasteiger partial charge on any atom is 0.266 e. The first-order valence-electron chi connectivity index (χ1n) is 12.3. The molecule has 0 spiro atoms. The second-order valence-corrected chi connectivity index (χ2v) is 10.6. The van der Waals surface area contributed by atoms with Gasteiger partial charge in [-0.15, -0.1) is 11.3 Å². The zero-order chi connectivity index (χ0) is 25.9. The van der Waals surface area contributed by atoms with Crippen molar-refractivity contribution in [3.63, 3.8) is 0 Å². The second kappa shape index (κ2) is 10.8. The van der Waals surface area contributed by atoms with Gasteiger partial charge in [0.1, 0.15) is 5.82 Å². The average molecular weight is 535 g/mol. The molecule has 1 fully saturated rings. The monoisotopic (exact) mass is 534 g/mol. The molecule has 1 aliphatic rings. The van der Waals surface area contributed by atoms with E-state index in [1.807, 2.05) is 23.6 Å². The number of hydrogen-bond donors (Lipinski definition) is 3. The van der Waals surface area contributed by atoms with Crippen molar-refractivity contribution in [3.8, 4) is 0 Å². The number of H-pyrrole nitrogens is 1. The fourth-order valence-corrected chi connectivity index (χ4v) is 5.53. The minimum absolute atomic E-state index is 0.0412. The number of carbonyl (C=O) groups excluding carboxylic acids is 3. The van der Waals surface area contributed by atoms with Gasteiger partial charge in [-0.05, 0) is 66.8 Å². The molecule has 3 N–H and O–H groups in total. The average Bonchev–Trinajstić information content (AvgIpc) is 3.57. The lowest BCUT2D eigenvalue weighted by Gasteiger charge is -2.26. The summed E-state index contributed by atoms with van der Waals surface area (Å²) in [5.41, 5.74) is 2.25. The fraction of sp³-hybridized carbons (Fsp3) is 0.250. The number of nitrogens with zero attached hydrogens (tertiary/aromatic N) is 1. The quantitative estimate of drug-likeness (QED) is 0.250. The highest BCUT2D eigenvalue weighted by Crippen LogP contribution is 2.33. The Morgan fingerprint density at radius 2 is 1.73 bits per heavy atom. The molecule has 190 valence electrons. The first kappa shape index (κ1) is 25.0. The Morgan fingerprint density at radius 1 is 0.973 bits per heavy atom. The molecular weight excluding hydrogens is 508 g/mol. The molecule has 1 aliphatic carbocycles. The molecule has 1 saturated carbocycles. The predicted molar refractivity (Wildman–Crippen MR) is 150 cm³/mol. The van der Waals surface area contributed by atoms with E-state index in [1.165, 1.54) is 17.8 Å². The molecule has 2 heterocycles. The zero-order valence-corrected chi connectivity index (χ0v) is 21.9. The summed E-state index contributed by atoms with van der Waals surface area (Å²) in [5, 5.41) is 8.75. The van der Waals surface area contributed by atoms with Gasteiger partial charge < -0.3 is 20.5 Å². The number of fused-ring (bicyclic) bond motifs is 1. The number of rotatable bonds is 6. The number of amides is 3. The summed E-state index contributed by atoms with van der Waals surface area (Å²) in [6.07, 6.45) is 5.19. The van der Waals surface area contributed by atoms with Crippen molar-refractivity contribution < 1.29 is 14.4 Å². The zero-order valence-electron chi connectivity index (χ0n) is 20.3. The van der Waals surface area contributed by atoms with Crippen LogP contribution in [-0.2, 0) is 4.79 Å². The van der Waals surface area contributed by atoms with Gasteiger partial charge in [-0.3, -0.25) is 14.4 Å². The van der Waals surface area contributed by atoms with Gasteiger partial charge in [0.05, 0.1) is 10.4 Å². The van der Waals surface area contributed by atoms with Crippen molar-refractivity contribution in [2.24, 2.45) is 5.92 Å². The van der Waals surface area contributed by atoms with Gasteiger partial charge in [-0.2, -0.15) is 0 Å². The standard InChI is InChI=1S/C28H27ClN4O3S/c1-33(28(36)17-6-3-2-4-7-17)20-13-14-21-22(16-20)31-25(32-26(34)23-8-5-15-37-23)24(21)27(35)30-19-11-9-18(29)10-12-19/h5,8-17,31H,2-4,6-7H2,1H3,(H,30,35)(H,32,34). The molecule has 3 amide bonds. The van der Waals surface area contributed by atoms with Gasteiger partial charge >= 0.3 is 0 Å². The van der Waals surface area contributed by atoms with Crippen molar-refractivity contribution in [2.45, 2.75) is 32.1 Å². The van der Waals surface area contributed by atoms with Crippen LogP contribution in [0.15, 0.2) is 60.0 Å². The minimum Gasteiger partial charge on any atom is -0.340 e. The van der Waals surface area contributed by atoms with E-state index in [0.29, 0.717) is 37.9 Å². The fourth-order valence-electron chi connectivity index (χ4n) is 4.78. The lowest BCUT2D eigenvalue weighted by atomic mass is 9.88. The Labute approximate surface area is 223 Å². The molecule has 37 heavy (non-hydrogen) atoms. The molecule has 0 radical (unpaired) electrons. The number of carbonyl (C=O) groups is 3. The maximum atomic E-state index is 13.4. The molecule has 0 unspecified atom stereocenters. The first-order valence-corrected chi connectivity index (χ1v) is 13.5. The third kappa shape index (κ3) is 5.40. The third-order valence-electron chi connectivity index (χ3n) is 6.77. The molecule has 5 rings (SSSR count). The highest BCUT2D eigenvalue weighted by molar-refractivity contribution is 7.12. The van der Waals surface area contributed by atoms with Crippen LogP contribution in [0.4, 0.5) is 17.2 Å². The molecule has 7 nitrogen and oxygen atoms in total. The SMILES string of the molecule is CN(C(=O)C1CCCCC1)c1ccc2c(C(=O)Nc3ccc(Cl)cc3)c(NC(=O)c3cccs3)[nH]c2c1. The maximum absolute atomic E-state index is 13.4. The van der Waals surface area contributed by atoms with Gasteiger partial charge in [0.25, 0.3) is 11.8 Å². The van der Waals surface area contributed by atoms with E-state index in [-0.39, 0.29) is 23.6 Å². The third-order valence-corrected chi connectivity index (χ3v) is 7.89. The number of aromatic nitrogens is 1. The van der Waals surface area contributed by atoms with Gasteiger partial charge in [-0.25, -0.2) is 0 Å². The van der Waals surface area contributed by atoms with Crippen LogP contribution in [-0.4, -0.2) is 29.8 Å². The van der Waals surface area contributed by atoms with Gasteiger partial charge in [0.2, 0.25) is 5.91 Å². The van der Waals surface area contributed by atoms with Crippen molar-refractivity contribution in [1.29, 1.82) is 0 Å². The van der Waals surface area contributed by atoms with Crippen LogP contribution in [0.3, 0.4) is 0 Å². The highest BCUT2D eigenvalue weighted by Gasteiger charge is 2.26. The predicted octanol–water partition coefficient (Wildman–Crippen LogP) is 6.93. The summed E-state index contributed by atoms with van der Waals surface area (Å²) in [7, 11) is 1.79. The summed E-state index contributed by atoms with van der Waals surface area (Å²) in [6.45, 7) is 0. The van der Waals surface area contributed by atoms with Crippen molar-refractivity contribution in [2.75, 3.05) is 22.6 Å². The molecule has 0 atom stereocenters. The lowest BCUT2D eigenvalue weighted by Crippen LogP contribution is -2.33. The lowest BCUT2D eigenvalue weighted by molar-refractivity contribution is -0.123. The molecule has 9 heteroatoms. The second-order valence-electron chi connectivity index (χ2n) is 9.23. The largest absolute Gasteiger partial charge is 0.340 e. The molecule has 0 bridgehead atoms. The summed E-state index contributed by atoms with van der Waals surface area (Å²) >= 11 is 7.29. The Hall–Kier alpha value is -3.62. The number of thiophene rings is 1. The normalized spacial score (nSPS) is 13.9. The Bertz CT molecular complexity index is 1440. The van der Waals surface area contributed by atoms with Crippen LogP contribution in [0.25, 0.3) is 10.9 Å². The van der Waals surface area contributed by atoms with Gasteiger partial charge in [-0.1, -0.05) is 36.9 Å². The van der Waals surface area contributed by atoms with Crippen LogP contribution in [0.2, 0.25) is 5.02 Å². The number of anilines is 3. The summed E-state index contributed by atoms with van der Waals surface area (Å²) in [6, 6.07) is 15.8. The molecular formula is C28H27ClN4O3S. The Balaban J connectivity index is 1.49. The van der Waals surface area contributed by atoms with Crippen LogP contribution >= 0.6 is 22.9 Å². The molecule has 4 aromatic rings. The van der Waals surface area contributed by atoms with E-state index in [4.69, 9.17) is 11.6 Å². The number of benzene rings is 2. The topological polar surface area (TPSA) is 94.3 Å². The van der Waals surface area contributed by atoms with Crippen molar-refractivity contribution in [1.82, 2.24) is 4.98 Å². The Kier molecular flexibility index (Phi) is 7.30. The van der Waals surface area contributed by atoms with Crippen molar-refractivity contribution >= 4 is 68.8 Å². The molecule has 2 aromatic carbocycles. The number of nitrogens with one attached hydrogen (secondary N) is 3. The molecule has 0 saturated heterocycles. The number of aromatic amines is 1. The van der Waals surface area contributed by atoms with Crippen LogP contribution in [0.1, 0.15) is 52.1 Å². The summed E-state index contributed by atoms with van der Waals surface area (Å²) in [4.78, 5) is 44.8. The van der Waals surface area contributed by atoms with Gasteiger partial charge in [0, 0.05) is 40.3 Å². The molecule has 0 aliphatic heterocycles. The van der Waals surface area contributed by atoms with Crippen LogP contribution in [0, 0.1) is 5.92 Å². The van der Waals surface area contributed by atoms with Gasteiger partial charge in [0.15, 0.2) is 0 Å². The minimum atomic E-state index is -0.380. The first-order chi connectivity index (χ1) is 17.9. The Morgan fingerprint density at radius 3 is 2.43 bits per heavy atom. The van der Waals surface area contributed by atoms with Crippen LogP contribution < -0.4 is 15.5 Å². The van der Waals surface area contributed by atoms with Crippen LogP contribution in [0.5, 0.6) is 0 Å². The van der Waals surface area contributed by atoms with E-state index in [1.54, 1.807) is 48.3 Å². The smallest absolute Gasteiger partial charge is 0.266 e. The summed E-state index contributed by atoms with van der Waals surface area (Å²) < 4.78 is 0. The van der Waals surface area contributed by atoms with Crippen molar-refractivity contribution in [3.05, 3.63) is 75.4 Å². The van der Waals surface area contributed by atoms with E-state index < -0.39 is 0 Å². The van der Waals surface area contributed by atoms with E-state index >= 15 is 0 Å². The van der Waals surface area contributed by atoms with E-state index in [2.05, 4.69) is 15.6 Å². The summed E-state index contributed by atoms with van der Waals surface area (Å²) in [5.74, 6) is -0.253. The number of halogens is 1. The van der Waals surface area contributed by atoms with E-state index in [9.17, 15) is 14.4 Å².